The third kappa shape index (κ3) is 4.60. The minimum absolute atomic E-state index is 0.632. The van der Waals surface area contributed by atoms with Crippen molar-refractivity contribution in [1.29, 1.82) is 0 Å². The fourth-order valence-electron chi connectivity index (χ4n) is 3.79. The number of anilines is 3. The van der Waals surface area contributed by atoms with Crippen LogP contribution in [0.3, 0.4) is 0 Å². The fraction of sp³-hybridized carbons (Fsp3) is 0.217. The second kappa shape index (κ2) is 9.24. The van der Waals surface area contributed by atoms with Crippen LogP contribution in [0.15, 0.2) is 61.1 Å². The SMILES string of the molecule is Clc1ccc(Cl)c(CN2CCN(c3nc4ncccc4nc3Nc3cccnc3)CC2)c1. The predicted octanol–water partition coefficient (Wildman–Crippen LogP) is 4.79. The molecule has 9 heteroatoms. The number of pyridine rings is 2. The summed E-state index contributed by atoms with van der Waals surface area (Å²) in [7, 11) is 0. The van der Waals surface area contributed by atoms with Crippen molar-refractivity contribution in [3.63, 3.8) is 0 Å². The van der Waals surface area contributed by atoms with Crippen LogP contribution < -0.4 is 10.2 Å². The molecule has 4 aromatic rings. The number of rotatable bonds is 5. The van der Waals surface area contributed by atoms with Gasteiger partial charge in [0, 0.05) is 55.2 Å². The van der Waals surface area contributed by atoms with Gasteiger partial charge in [-0.2, -0.15) is 0 Å². The number of hydrogen-bond donors (Lipinski definition) is 1. The molecule has 3 aromatic heterocycles. The van der Waals surface area contributed by atoms with E-state index in [0.717, 1.165) is 60.3 Å². The zero-order valence-electron chi connectivity index (χ0n) is 17.2. The van der Waals surface area contributed by atoms with Crippen LogP contribution in [0.2, 0.25) is 10.0 Å². The zero-order chi connectivity index (χ0) is 21.9. The summed E-state index contributed by atoms with van der Waals surface area (Å²) >= 11 is 12.5. The van der Waals surface area contributed by atoms with Crippen molar-refractivity contribution in [1.82, 2.24) is 24.8 Å². The molecule has 1 N–H and O–H groups in total. The first-order valence-corrected chi connectivity index (χ1v) is 11.1. The summed E-state index contributed by atoms with van der Waals surface area (Å²) in [6.45, 7) is 4.13. The van der Waals surface area contributed by atoms with Gasteiger partial charge in [0.2, 0.25) is 0 Å². The molecule has 0 saturated carbocycles. The van der Waals surface area contributed by atoms with E-state index in [9.17, 15) is 0 Å². The van der Waals surface area contributed by atoms with E-state index in [1.807, 2.05) is 42.5 Å². The summed E-state index contributed by atoms with van der Waals surface area (Å²) in [5, 5.41) is 4.82. The first-order chi connectivity index (χ1) is 15.7. The van der Waals surface area contributed by atoms with Gasteiger partial charge in [-0.1, -0.05) is 23.2 Å². The van der Waals surface area contributed by atoms with Crippen molar-refractivity contribution in [2.45, 2.75) is 6.54 Å². The van der Waals surface area contributed by atoms with Crippen molar-refractivity contribution >= 4 is 51.7 Å². The van der Waals surface area contributed by atoms with E-state index < -0.39 is 0 Å². The van der Waals surface area contributed by atoms with Crippen LogP contribution in [0.25, 0.3) is 11.2 Å². The van der Waals surface area contributed by atoms with Crippen molar-refractivity contribution in [3.05, 3.63) is 76.7 Å². The lowest BCUT2D eigenvalue weighted by molar-refractivity contribution is 0.249. The zero-order valence-corrected chi connectivity index (χ0v) is 18.8. The Morgan fingerprint density at radius 3 is 2.59 bits per heavy atom. The average molecular weight is 466 g/mol. The normalized spacial score (nSPS) is 14.6. The summed E-state index contributed by atoms with van der Waals surface area (Å²) in [5.74, 6) is 1.49. The van der Waals surface area contributed by atoms with Gasteiger partial charge in [-0.05, 0) is 48.0 Å². The third-order valence-corrected chi connectivity index (χ3v) is 6.02. The van der Waals surface area contributed by atoms with Crippen LogP contribution in [0.4, 0.5) is 17.3 Å². The van der Waals surface area contributed by atoms with Gasteiger partial charge in [-0.3, -0.25) is 9.88 Å². The van der Waals surface area contributed by atoms with Crippen LogP contribution in [-0.2, 0) is 6.54 Å². The Kier molecular flexibility index (Phi) is 6.03. The highest BCUT2D eigenvalue weighted by molar-refractivity contribution is 6.33. The van der Waals surface area contributed by atoms with Gasteiger partial charge in [0.05, 0.1) is 11.9 Å². The Hall–Kier alpha value is -3.00. The number of hydrogen-bond acceptors (Lipinski definition) is 7. The smallest absolute Gasteiger partial charge is 0.180 e. The molecule has 1 aromatic carbocycles. The van der Waals surface area contributed by atoms with E-state index in [1.54, 1.807) is 18.6 Å². The molecule has 0 unspecified atom stereocenters. The first-order valence-electron chi connectivity index (χ1n) is 10.4. The molecule has 0 radical (unpaired) electrons. The van der Waals surface area contributed by atoms with Gasteiger partial charge in [0.25, 0.3) is 0 Å². The summed E-state index contributed by atoms with van der Waals surface area (Å²) in [5.41, 5.74) is 3.28. The maximum atomic E-state index is 6.36. The lowest BCUT2D eigenvalue weighted by atomic mass is 10.2. The second-order valence-electron chi connectivity index (χ2n) is 7.61. The number of piperazine rings is 1. The summed E-state index contributed by atoms with van der Waals surface area (Å²) < 4.78 is 0. The predicted molar refractivity (Wildman–Crippen MR) is 129 cm³/mol. The molecule has 7 nitrogen and oxygen atoms in total. The van der Waals surface area contributed by atoms with Gasteiger partial charge >= 0.3 is 0 Å². The molecule has 1 fully saturated rings. The molecule has 0 bridgehead atoms. The molecule has 32 heavy (non-hydrogen) atoms. The quantitative estimate of drug-likeness (QED) is 0.454. The van der Waals surface area contributed by atoms with Crippen molar-refractivity contribution in [2.75, 3.05) is 36.4 Å². The van der Waals surface area contributed by atoms with Crippen LogP contribution in [-0.4, -0.2) is 51.0 Å². The highest BCUT2D eigenvalue weighted by atomic mass is 35.5. The Balaban J connectivity index is 1.37. The number of aromatic nitrogens is 4. The molecular formula is C23H21Cl2N7. The number of fused-ring (bicyclic) bond motifs is 1. The molecule has 0 spiro atoms. The lowest BCUT2D eigenvalue weighted by Gasteiger charge is -2.36. The van der Waals surface area contributed by atoms with Gasteiger partial charge in [0.1, 0.15) is 5.52 Å². The molecule has 0 amide bonds. The maximum absolute atomic E-state index is 6.36. The molecule has 0 aliphatic carbocycles. The summed E-state index contributed by atoms with van der Waals surface area (Å²) in [4.78, 5) is 22.8. The van der Waals surface area contributed by atoms with Crippen molar-refractivity contribution < 1.29 is 0 Å². The molecule has 1 aliphatic rings. The maximum Gasteiger partial charge on any atom is 0.180 e. The molecule has 5 rings (SSSR count). The molecular weight excluding hydrogens is 445 g/mol. The largest absolute Gasteiger partial charge is 0.351 e. The third-order valence-electron chi connectivity index (χ3n) is 5.42. The van der Waals surface area contributed by atoms with Gasteiger partial charge in [-0.25, -0.2) is 15.0 Å². The Morgan fingerprint density at radius 2 is 1.78 bits per heavy atom. The van der Waals surface area contributed by atoms with E-state index in [0.29, 0.717) is 16.5 Å². The van der Waals surface area contributed by atoms with Gasteiger partial charge in [0.15, 0.2) is 17.3 Å². The summed E-state index contributed by atoms with van der Waals surface area (Å²) in [6, 6.07) is 13.2. The van der Waals surface area contributed by atoms with Crippen LogP contribution in [0.1, 0.15) is 5.56 Å². The molecule has 0 atom stereocenters. The number of nitrogens with one attached hydrogen (secondary N) is 1. The molecule has 1 saturated heterocycles. The molecule has 4 heterocycles. The topological polar surface area (TPSA) is 70.1 Å². The van der Waals surface area contributed by atoms with Crippen LogP contribution in [0, 0.1) is 0 Å². The van der Waals surface area contributed by atoms with E-state index in [2.05, 4.69) is 25.1 Å². The minimum Gasteiger partial charge on any atom is -0.351 e. The summed E-state index contributed by atoms with van der Waals surface area (Å²) in [6.07, 6.45) is 5.25. The van der Waals surface area contributed by atoms with Crippen molar-refractivity contribution in [2.24, 2.45) is 0 Å². The number of halogens is 2. The number of benzene rings is 1. The Labute approximate surface area is 196 Å². The first kappa shape index (κ1) is 20.9. The minimum atomic E-state index is 0.632. The van der Waals surface area contributed by atoms with Crippen LogP contribution >= 0.6 is 23.2 Å². The number of nitrogens with zero attached hydrogens (tertiary/aromatic N) is 6. The monoisotopic (exact) mass is 465 g/mol. The van der Waals surface area contributed by atoms with Gasteiger partial charge < -0.3 is 10.2 Å². The van der Waals surface area contributed by atoms with E-state index >= 15 is 0 Å². The van der Waals surface area contributed by atoms with Gasteiger partial charge in [-0.15, -0.1) is 0 Å². The highest BCUT2D eigenvalue weighted by Crippen LogP contribution is 2.28. The average Bonchev–Trinajstić information content (AvgIpc) is 2.82. The fourth-order valence-corrected chi connectivity index (χ4v) is 4.16. The van der Waals surface area contributed by atoms with E-state index in [-0.39, 0.29) is 0 Å². The Bertz CT molecular complexity index is 1230. The van der Waals surface area contributed by atoms with Crippen LogP contribution in [0.5, 0.6) is 0 Å². The van der Waals surface area contributed by atoms with E-state index in [4.69, 9.17) is 33.2 Å². The second-order valence-corrected chi connectivity index (χ2v) is 8.45. The molecule has 162 valence electrons. The lowest BCUT2D eigenvalue weighted by Crippen LogP contribution is -2.46. The highest BCUT2D eigenvalue weighted by Gasteiger charge is 2.23. The van der Waals surface area contributed by atoms with E-state index in [1.165, 1.54) is 0 Å². The molecule has 1 aliphatic heterocycles. The Morgan fingerprint density at radius 1 is 0.938 bits per heavy atom. The van der Waals surface area contributed by atoms with Crippen molar-refractivity contribution in [3.8, 4) is 0 Å². The standard InChI is InChI=1S/C23H21Cl2N7/c24-17-5-6-19(25)16(13-17)15-31-9-11-32(12-10-31)23-22(28-18-3-1-7-26-14-18)29-20-4-2-8-27-21(20)30-23/h1-8,13-14H,9-12,15H2,(H,28,29).